The third-order valence-electron chi connectivity index (χ3n) is 3.52. The summed E-state index contributed by atoms with van der Waals surface area (Å²) in [7, 11) is 0. The number of carbonyl (C=O) groups excluding carboxylic acids is 1. The van der Waals surface area contributed by atoms with Gasteiger partial charge in [0.05, 0.1) is 0 Å². The number of aryl methyl sites for hydroxylation is 1. The van der Waals surface area contributed by atoms with Crippen LogP contribution >= 0.6 is 11.3 Å². The van der Waals surface area contributed by atoms with Gasteiger partial charge in [-0.3, -0.25) is 4.79 Å². The van der Waals surface area contributed by atoms with Crippen molar-refractivity contribution in [2.45, 2.75) is 13.1 Å². The molecule has 0 radical (unpaired) electrons. The van der Waals surface area contributed by atoms with Crippen LogP contribution in [0.5, 0.6) is 0 Å². The van der Waals surface area contributed by atoms with Gasteiger partial charge in [-0.25, -0.2) is 4.98 Å². The van der Waals surface area contributed by atoms with E-state index in [1.807, 2.05) is 0 Å². The van der Waals surface area contributed by atoms with E-state index in [0.717, 1.165) is 16.9 Å². The Morgan fingerprint density at radius 1 is 1.04 bits per heavy atom. The Morgan fingerprint density at radius 3 is 2.32 bits per heavy atom. The van der Waals surface area contributed by atoms with Gasteiger partial charge in [0.15, 0.2) is 5.69 Å². The van der Waals surface area contributed by atoms with E-state index in [4.69, 9.17) is 0 Å². The fourth-order valence-corrected chi connectivity index (χ4v) is 3.25. The standard InChI is InChI=1S/C18H13F3N2OS/c1-11-7-5-6-10-13(11)22-16(24)14-15(18(19,20)21)23-17(25-14)12-8-3-2-4-9-12/h2-10H,1H3,(H,22,24). The molecule has 1 heterocycles. The van der Waals surface area contributed by atoms with Gasteiger partial charge in [-0.05, 0) is 18.6 Å². The summed E-state index contributed by atoms with van der Waals surface area (Å²) < 4.78 is 40.0. The first-order valence-electron chi connectivity index (χ1n) is 7.36. The van der Waals surface area contributed by atoms with Crippen LogP contribution in [0, 0.1) is 6.92 Å². The van der Waals surface area contributed by atoms with Gasteiger partial charge < -0.3 is 5.32 Å². The van der Waals surface area contributed by atoms with Crippen molar-refractivity contribution < 1.29 is 18.0 Å². The average molecular weight is 362 g/mol. The Hall–Kier alpha value is -2.67. The smallest absolute Gasteiger partial charge is 0.321 e. The number of nitrogens with one attached hydrogen (secondary N) is 1. The highest BCUT2D eigenvalue weighted by atomic mass is 32.1. The molecule has 0 aliphatic heterocycles. The molecule has 3 aromatic rings. The SMILES string of the molecule is Cc1ccccc1NC(=O)c1sc(-c2ccccc2)nc1C(F)(F)F. The van der Waals surface area contributed by atoms with Crippen LogP contribution in [-0.2, 0) is 6.18 Å². The number of nitrogens with zero attached hydrogens (tertiary/aromatic N) is 1. The lowest BCUT2D eigenvalue weighted by atomic mass is 10.2. The van der Waals surface area contributed by atoms with Crippen molar-refractivity contribution in [3.05, 3.63) is 70.7 Å². The lowest BCUT2D eigenvalue weighted by Crippen LogP contribution is -2.17. The van der Waals surface area contributed by atoms with Gasteiger partial charge in [-0.15, -0.1) is 11.3 Å². The van der Waals surface area contributed by atoms with E-state index in [1.54, 1.807) is 61.5 Å². The molecule has 0 atom stereocenters. The van der Waals surface area contributed by atoms with Crippen LogP contribution in [0.25, 0.3) is 10.6 Å². The number of thiazole rings is 1. The molecule has 1 amide bonds. The predicted octanol–water partition coefficient (Wildman–Crippen LogP) is 5.39. The number of halogens is 3. The Kier molecular flexibility index (Phi) is 4.59. The van der Waals surface area contributed by atoms with Crippen LogP contribution in [0.3, 0.4) is 0 Å². The van der Waals surface area contributed by atoms with Crippen molar-refractivity contribution in [1.29, 1.82) is 0 Å². The quantitative estimate of drug-likeness (QED) is 0.679. The number of para-hydroxylation sites is 1. The second kappa shape index (κ2) is 6.68. The number of alkyl halides is 3. The Balaban J connectivity index is 2.01. The van der Waals surface area contributed by atoms with Gasteiger partial charge in [-0.1, -0.05) is 48.5 Å². The Morgan fingerprint density at radius 2 is 1.68 bits per heavy atom. The fraction of sp³-hybridized carbons (Fsp3) is 0.111. The molecule has 2 aromatic carbocycles. The monoisotopic (exact) mass is 362 g/mol. The molecule has 0 unspecified atom stereocenters. The van der Waals surface area contributed by atoms with E-state index in [0.29, 0.717) is 11.3 Å². The van der Waals surface area contributed by atoms with Gasteiger partial charge in [-0.2, -0.15) is 13.2 Å². The van der Waals surface area contributed by atoms with E-state index in [2.05, 4.69) is 10.3 Å². The third kappa shape index (κ3) is 3.71. The molecule has 3 nitrogen and oxygen atoms in total. The molecule has 0 bridgehead atoms. The first-order valence-corrected chi connectivity index (χ1v) is 8.18. The highest BCUT2D eigenvalue weighted by molar-refractivity contribution is 7.17. The minimum Gasteiger partial charge on any atom is -0.321 e. The number of amides is 1. The van der Waals surface area contributed by atoms with Crippen molar-refractivity contribution in [2.75, 3.05) is 5.32 Å². The van der Waals surface area contributed by atoms with Crippen molar-refractivity contribution >= 4 is 22.9 Å². The minimum atomic E-state index is -4.71. The molecule has 0 saturated carbocycles. The van der Waals surface area contributed by atoms with Crippen molar-refractivity contribution in [3.63, 3.8) is 0 Å². The largest absolute Gasteiger partial charge is 0.435 e. The molecule has 3 rings (SSSR count). The summed E-state index contributed by atoms with van der Waals surface area (Å²) in [6.45, 7) is 1.77. The molecular formula is C18H13F3N2OS. The topological polar surface area (TPSA) is 42.0 Å². The maximum atomic E-state index is 13.3. The molecule has 1 aromatic heterocycles. The van der Waals surface area contributed by atoms with Gasteiger partial charge in [0, 0.05) is 11.3 Å². The van der Waals surface area contributed by atoms with E-state index in [-0.39, 0.29) is 5.01 Å². The number of anilines is 1. The second-order valence-corrected chi connectivity index (χ2v) is 6.33. The number of hydrogen-bond acceptors (Lipinski definition) is 3. The van der Waals surface area contributed by atoms with Crippen molar-refractivity contribution in [3.8, 4) is 10.6 Å². The number of aromatic nitrogens is 1. The molecule has 1 N–H and O–H groups in total. The highest BCUT2D eigenvalue weighted by Crippen LogP contribution is 2.38. The zero-order valence-electron chi connectivity index (χ0n) is 13.1. The zero-order chi connectivity index (χ0) is 18.0. The molecular weight excluding hydrogens is 349 g/mol. The van der Waals surface area contributed by atoms with Crippen LogP contribution in [0.4, 0.5) is 18.9 Å². The summed E-state index contributed by atoms with van der Waals surface area (Å²) in [6.07, 6.45) is -4.71. The van der Waals surface area contributed by atoms with Crippen LogP contribution < -0.4 is 5.32 Å². The maximum Gasteiger partial charge on any atom is 0.435 e. The lowest BCUT2D eigenvalue weighted by molar-refractivity contribution is -0.140. The first kappa shape index (κ1) is 17.2. The highest BCUT2D eigenvalue weighted by Gasteiger charge is 2.39. The molecule has 128 valence electrons. The van der Waals surface area contributed by atoms with Crippen LogP contribution in [0.2, 0.25) is 0 Å². The van der Waals surface area contributed by atoms with Gasteiger partial charge >= 0.3 is 6.18 Å². The van der Waals surface area contributed by atoms with Gasteiger partial charge in [0.25, 0.3) is 5.91 Å². The van der Waals surface area contributed by atoms with Crippen molar-refractivity contribution in [1.82, 2.24) is 4.98 Å². The Bertz CT molecular complexity index is 904. The summed E-state index contributed by atoms with van der Waals surface area (Å²) in [5.41, 5.74) is 0.600. The van der Waals surface area contributed by atoms with E-state index < -0.39 is 22.7 Å². The summed E-state index contributed by atoms with van der Waals surface area (Å²) >= 11 is 0.730. The minimum absolute atomic E-state index is 0.155. The number of rotatable bonds is 3. The predicted molar refractivity (Wildman–Crippen MR) is 91.7 cm³/mol. The summed E-state index contributed by atoms with van der Waals surface area (Å²) in [5.74, 6) is -0.818. The molecule has 0 fully saturated rings. The van der Waals surface area contributed by atoms with Crippen LogP contribution in [0.1, 0.15) is 20.9 Å². The summed E-state index contributed by atoms with van der Waals surface area (Å²) in [6, 6.07) is 15.4. The molecule has 0 aliphatic carbocycles. The lowest BCUT2D eigenvalue weighted by Gasteiger charge is -2.09. The molecule has 0 spiro atoms. The van der Waals surface area contributed by atoms with Crippen LogP contribution in [-0.4, -0.2) is 10.9 Å². The number of hydrogen-bond donors (Lipinski definition) is 1. The molecule has 25 heavy (non-hydrogen) atoms. The normalized spacial score (nSPS) is 11.4. The van der Waals surface area contributed by atoms with E-state index in [1.165, 1.54) is 0 Å². The Labute approximate surface area is 146 Å². The second-order valence-electron chi connectivity index (χ2n) is 5.33. The van der Waals surface area contributed by atoms with Crippen LogP contribution in [0.15, 0.2) is 54.6 Å². The average Bonchev–Trinajstić information content (AvgIpc) is 3.04. The summed E-state index contributed by atoms with van der Waals surface area (Å²) in [4.78, 5) is 15.7. The van der Waals surface area contributed by atoms with E-state index in [9.17, 15) is 18.0 Å². The number of carbonyl (C=O) groups is 1. The van der Waals surface area contributed by atoms with E-state index >= 15 is 0 Å². The van der Waals surface area contributed by atoms with Gasteiger partial charge in [0.2, 0.25) is 0 Å². The first-order chi connectivity index (χ1) is 11.9. The maximum absolute atomic E-state index is 13.3. The summed E-state index contributed by atoms with van der Waals surface area (Å²) in [5, 5.41) is 2.69. The third-order valence-corrected chi connectivity index (χ3v) is 4.62. The fourth-order valence-electron chi connectivity index (χ4n) is 2.26. The molecule has 7 heteroatoms. The zero-order valence-corrected chi connectivity index (χ0v) is 13.9. The van der Waals surface area contributed by atoms with Crippen molar-refractivity contribution in [2.24, 2.45) is 0 Å². The molecule has 0 aliphatic rings. The molecule has 0 saturated heterocycles. The number of benzene rings is 2. The van der Waals surface area contributed by atoms with Gasteiger partial charge in [0.1, 0.15) is 9.88 Å².